The first-order valence-corrected chi connectivity index (χ1v) is 10.8. The smallest absolute Gasteiger partial charge is 0.354 e. The second kappa shape index (κ2) is 7.83. The zero-order chi connectivity index (χ0) is 21.5. The topological polar surface area (TPSA) is 89.4 Å². The number of aromatic nitrogens is 2. The number of hydrogen-bond donors (Lipinski definition) is 1. The highest BCUT2D eigenvalue weighted by molar-refractivity contribution is 7.90. The standard InChI is InChI=1S/C23H23N3O3S/c1-23(2,3)30(29)26-13-18-11-20(22(27)28)25-21(19(18)14-26)16-7-4-6-15(10-16)17-8-5-9-24-12-17/h4-12H,13-14H2,1-3H3,(H,27,28)/t30-/m1/s1. The Bertz CT molecular complexity index is 1100. The Labute approximate surface area is 178 Å². The highest BCUT2D eigenvalue weighted by atomic mass is 32.2. The molecule has 4 rings (SSSR count). The molecular weight excluding hydrogens is 398 g/mol. The molecule has 1 N–H and O–H groups in total. The third kappa shape index (κ3) is 3.96. The Morgan fingerprint density at radius 2 is 1.83 bits per heavy atom. The summed E-state index contributed by atoms with van der Waals surface area (Å²) in [7, 11) is 0. The molecule has 6 nitrogen and oxygen atoms in total. The Kier molecular flexibility index (Phi) is 5.36. The number of carboxylic acid groups (broad SMARTS) is 1. The van der Waals surface area contributed by atoms with Crippen molar-refractivity contribution in [2.24, 2.45) is 0 Å². The summed E-state index contributed by atoms with van der Waals surface area (Å²) < 4.78 is 14.4. The van der Waals surface area contributed by atoms with Gasteiger partial charge in [0.25, 0.3) is 0 Å². The normalized spacial score (nSPS) is 15.1. The minimum absolute atomic E-state index is 0.000998. The molecule has 1 atom stereocenters. The molecule has 1 aromatic carbocycles. The van der Waals surface area contributed by atoms with Crippen molar-refractivity contribution < 1.29 is 14.5 Å². The van der Waals surface area contributed by atoms with E-state index in [2.05, 4.69) is 9.97 Å². The molecule has 0 spiro atoms. The van der Waals surface area contributed by atoms with Gasteiger partial charge in [-0.25, -0.2) is 9.78 Å². The molecule has 0 amide bonds. The first-order valence-electron chi connectivity index (χ1n) is 9.68. The van der Waals surface area contributed by atoms with E-state index in [-0.39, 0.29) is 5.69 Å². The number of nitrogens with zero attached hydrogens (tertiary/aromatic N) is 3. The molecule has 0 aliphatic carbocycles. The molecule has 0 fully saturated rings. The van der Waals surface area contributed by atoms with Gasteiger partial charge in [-0.3, -0.25) is 4.98 Å². The predicted octanol–water partition coefficient (Wildman–Crippen LogP) is 4.29. The second-order valence-corrected chi connectivity index (χ2v) is 10.5. The molecule has 1 aliphatic rings. The van der Waals surface area contributed by atoms with Crippen molar-refractivity contribution in [3.63, 3.8) is 0 Å². The van der Waals surface area contributed by atoms with Gasteiger partial charge < -0.3 is 9.66 Å². The fraction of sp³-hybridized carbons (Fsp3) is 0.261. The number of aromatic carboxylic acids is 1. The molecule has 0 saturated carbocycles. The summed E-state index contributed by atoms with van der Waals surface area (Å²) in [6.45, 7) is 6.72. The number of rotatable bonds is 4. The van der Waals surface area contributed by atoms with Crippen LogP contribution in [0.1, 0.15) is 42.4 Å². The van der Waals surface area contributed by atoms with Gasteiger partial charge in [0.1, 0.15) is 10.4 Å². The van der Waals surface area contributed by atoms with E-state index in [0.717, 1.165) is 27.8 Å². The van der Waals surface area contributed by atoms with Crippen molar-refractivity contribution in [3.05, 3.63) is 71.7 Å². The SMILES string of the molecule is CC(C)(C)[S@@+]([O-])N1Cc2cc(C(=O)O)nc(-c3cccc(-c4cccnc4)c3)c2C1. The zero-order valence-electron chi connectivity index (χ0n) is 17.1. The van der Waals surface area contributed by atoms with E-state index in [0.29, 0.717) is 18.8 Å². The average Bonchev–Trinajstić information content (AvgIpc) is 3.16. The van der Waals surface area contributed by atoms with Gasteiger partial charge in [0.05, 0.1) is 18.8 Å². The van der Waals surface area contributed by atoms with Crippen LogP contribution in [0.2, 0.25) is 0 Å². The number of pyridine rings is 2. The summed E-state index contributed by atoms with van der Waals surface area (Å²) in [5.74, 6) is -1.07. The molecule has 3 heterocycles. The Hall–Kier alpha value is -2.74. The lowest BCUT2D eigenvalue weighted by molar-refractivity contribution is 0.0690. The van der Waals surface area contributed by atoms with Crippen molar-refractivity contribution in [2.45, 2.75) is 38.6 Å². The van der Waals surface area contributed by atoms with Crippen molar-refractivity contribution in [3.8, 4) is 22.4 Å². The van der Waals surface area contributed by atoms with Crippen LogP contribution in [-0.4, -0.2) is 34.6 Å². The van der Waals surface area contributed by atoms with E-state index in [1.165, 1.54) is 0 Å². The van der Waals surface area contributed by atoms with Crippen LogP contribution >= 0.6 is 0 Å². The van der Waals surface area contributed by atoms with E-state index < -0.39 is 22.1 Å². The summed E-state index contributed by atoms with van der Waals surface area (Å²) >= 11 is -1.21. The summed E-state index contributed by atoms with van der Waals surface area (Å²) in [5.41, 5.74) is 5.20. The summed E-state index contributed by atoms with van der Waals surface area (Å²) in [4.78, 5) is 20.3. The van der Waals surface area contributed by atoms with Crippen molar-refractivity contribution in [2.75, 3.05) is 0 Å². The van der Waals surface area contributed by atoms with Gasteiger partial charge in [0.2, 0.25) is 0 Å². The van der Waals surface area contributed by atoms with E-state index in [9.17, 15) is 14.5 Å². The van der Waals surface area contributed by atoms with E-state index in [1.807, 2.05) is 61.5 Å². The van der Waals surface area contributed by atoms with Gasteiger partial charge >= 0.3 is 5.97 Å². The maximum absolute atomic E-state index is 12.9. The Morgan fingerprint density at radius 3 is 2.50 bits per heavy atom. The van der Waals surface area contributed by atoms with E-state index in [4.69, 9.17) is 0 Å². The molecule has 154 valence electrons. The molecular formula is C23H23N3O3S. The lowest BCUT2D eigenvalue weighted by Gasteiger charge is -2.29. The molecule has 0 radical (unpaired) electrons. The summed E-state index contributed by atoms with van der Waals surface area (Å²) in [6.07, 6.45) is 3.51. The number of hydrogen-bond acceptors (Lipinski definition) is 5. The van der Waals surface area contributed by atoms with Crippen LogP contribution in [-0.2, 0) is 24.5 Å². The quantitative estimate of drug-likeness (QED) is 0.632. The van der Waals surface area contributed by atoms with Crippen LogP contribution in [0.3, 0.4) is 0 Å². The molecule has 1 aliphatic heterocycles. The largest absolute Gasteiger partial charge is 0.597 e. The number of benzene rings is 1. The molecule has 7 heteroatoms. The van der Waals surface area contributed by atoms with Crippen LogP contribution in [0.5, 0.6) is 0 Å². The first-order chi connectivity index (χ1) is 14.2. The maximum atomic E-state index is 12.9. The molecule has 3 aromatic rings. The fourth-order valence-corrected chi connectivity index (χ4v) is 4.87. The summed E-state index contributed by atoms with van der Waals surface area (Å²) in [6, 6.07) is 13.3. The third-order valence-electron chi connectivity index (χ3n) is 5.01. The summed E-state index contributed by atoms with van der Waals surface area (Å²) in [5, 5.41) is 9.58. The second-order valence-electron chi connectivity index (χ2n) is 8.28. The van der Waals surface area contributed by atoms with Gasteiger partial charge in [-0.15, -0.1) is 4.31 Å². The number of carbonyl (C=O) groups is 1. The highest BCUT2D eigenvalue weighted by Crippen LogP contribution is 2.37. The molecule has 0 unspecified atom stereocenters. The van der Waals surface area contributed by atoms with Crippen molar-refractivity contribution in [1.82, 2.24) is 14.3 Å². The predicted molar refractivity (Wildman–Crippen MR) is 117 cm³/mol. The third-order valence-corrected chi connectivity index (χ3v) is 6.78. The fourth-order valence-electron chi connectivity index (χ4n) is 3.60. The molecule has 0 saturated heterocycles. The Morgan fingerprint density at radius 1 is 1.10 bits per heavy atom. The highest BCUT2D eigenvalue weighted by Gasteiger charge is 2.38. The van der Waals surface area contributed by atoms with E-state index >= 15 is 0 Å². The van der Waals surface area contributed by atoms with Crippen LogP contribution in [0.25, 0.3) is 22.4 Å². The van der Waals surface area contributed by atoms with Gasteiger partial charge in [-0.05, 0) is 50.1 Å². The van der Waals surface area contributed by atoms with Crippen LogP contribution < -0.4 is 0 Å². The number of fused-ring (bicyclic) bond motifs is 1. The van der Waals surface area contributed by atoms with Gasteiger partial charge in [0.15, 0.2) is 0 Å². The van der Waals surface area contributed by atoms with Crippen molar-refractivity contribution in [1.29, 1.82) is 0 Å². The van der Waals surface area contributed by atoms with Crippen LogP contribution in [0, 0.1) is 0 Å². The van der Waals surface area contributed by atoms with Gasteiger partial charge in [-0.2, -0.15) is 0 Å². The van der Waals surface area contributed by atoms with Gasteiger partial charge in [-0.1, -0.05) is 24.3 Å². The molecule has 0 bridgehead atoms. The van der Waals surface area contributed by atoms with E-state index in [1.54, 1.807) is 18.5 Å². The maximum Gasteiger partial charge on any atom is 0.354 e. The molecule has 2 aromatic heterocycles. The molecule has 30 heavy (non-hydrogen) atoms. The minimum atomic E-state index is -1.21. The minimum Gasteiger partial charge on any atom is -0.597 e. The van der Waals surface area contributed by atoms with Crippen LogP contribution in [0.4, 0.5) is 0 Å². The lowest BCUT2D eigenvalue weighted by Crippen LogP contribution is -2.40. The van der Waals surface area contributed by atoms with Crippen LogP contribution in [0.15, 0.2) is 54.9 Å². The number of carboxylic acids is 1. The zero-order valence-corrected chi connectivity index (χ0v) is 17.9. The average molecular weight is 422 g/mol. The first kappa shape index (κ1) is 20.5. The monoisotopic (exact) mass is 421 g/mol. The lowest BCUT2D eigenvalue weighted by atomic mass is 9.98. The van der Waals surface area contributed by atoms with Crippen molar-refractivity contribution >= 4 is 17.3 Å². The van der Waals surface area contributed by atoms with Gasteiger partial charge in [0, 0.05) is 40.4 Å². The Balaban J connectivity index is 1.80.